The maximum Gasteiger partial charge on any atom is 0.389 e. The predicted molar refractivity (Wildman–Crippen MR) is 66.8 cm³/mol. The molecule has 0 atom stereocenters. The molecular weight excluding hydrogens is 275 g/mol. The van der Waals surface area contributed by atoms with Crippen LogP contribution in [-0.2, 0) is 4.79 Å². The number of amides is 1. The molecule has 1 amide bonds. The number of benzene rings is 1. The molecule has 0 heterocycles. The lowest BCUT2D eigenvalue weighted by molar-refractivity contribution is -0.142. The third-order valence-corrected chi connectivity index (χ3v) is 2.82. The number of carboxylic acids is 1. The zero-order chi connectivity index (χ0) is 15.5. The first-order valence-electron chi connectivity index (χ1n) is 5.81. The van der Waals surface area contributed by atoms with Gasteiger partial charge in [0.05, 0.1) is 12.0 Å². The van der Waals surface area contributed by atoms with Crippen LogP contribution in [-0.4, -0.2) is 23.2 Å². The van der Waals surface area contributed by atoms with E-state index < -0.39 is 30.9 Å². The maximum absolute atomic E-state index is 12.0. The lowest BCUT2D eigenvalue weighted by Crippen LogP contribution is -2.17. The second kappa shape index (κ2) is 5.94. The fourth-order valence-corrected chi connectivity index (χ4v) is 1.63. The van der Waals surface area contributed by atoms with Gasteiger partial charge in [-0.25, -0.2) is 4.79 Å². The van der Waals surface area contributed by atoms with Crippen LogP contribution in [0.4, 0.5) is 18.9 Å². The Morgan fingerprint density at radius 2 is 1.85 bits per heavy atom. The van der Waals surface area contributed by atoms with Crippen LogP contribution in [0.1, 0.15) is 34.3 Å². The van der Waals surface area contributed by atoms with Crippen molar-refractivity contribution < 1.29 is 27.9 Å². The van der Waals surface area contributed by atoms with Gasteiger partial charge in [0.15, 0.2) is 0 Å². The molecule has 7 heteroatoms. The van der Waals surface area contributed by atoms with Crippen molar-refractivity contribution in [2.45, 2.75) is 32.9 Å². The van der Waals surface area contributed by atoms with Gasteiger partial charge in [0.1, 0.15) is 0 Å². The zero-order valence-electron chi connectivity index (χ0n) is 11.0. The Labute approximate surface area is 113 Å². The number of alkyl halides is 3. The highest BCUT2D eigenvalue weighted by molar-refractivity contribution is 5.95. The van der Waals surface area contributed by atoms with Gasteiger partial charge in [0.2, 0.25) is 5.91 Å². The number of carbonyl (C=O) groups is 2. The number of nitrogens with one attached hydrogen (secondary N) is 1. The predicted octanol–water partition coefficient (Wildman–Crippen LogP) is 3.28. The zero-order valence-corrected chi connectivity index (χ0v) is 11.0. The smallest absolute Gasteiger partial charge is 0.389 e. The average Bonchev–Trinajstić information content (AvgIpc) is 2.29. The molecule has 4 nitrogen and oxygen atoms in total. The first-order chi connectivity index (χ1) is 9.10. The van der Waals surface area contributed by atoms with Gasteiger partial charge in [-0.2, -0.15) is 13.2 Å². The standard InChI is InChI=1S/C13H14F3NO3/c1-7-5-9(6-10(8(7)2)12(19)20)17-11(18)3-4-13(14,15)16/h5-6H,3-4H2,1-2H3,(H,17,18)(H,19,20). The van der Waals surface area contributed by atoms with Crippen LogP contribution in [0.2, 0.25) is 0 Å². The summed E-state index contributed by atoms with van der Waals surface area (Å²) in [5.41, 5.74) is 1.37. The Kier molecular flexibility index (Phi) is 4.75. The van der Waals surface area contributed by atoms with Crippen LogP contribution < -0.4 is 5.32 Å². The van der Waals surface area contributed by atoms with E-state index >= 15 is 0 Å². The Balaban J connectivity index is 2.83. The van der Waals surface area contributed by atoms with E-state index in [0.29, 0.717) is 11.1 Å². The van der Waals surface area contributed by atoms with E-state index in [0.717, 1.165) is 0 Å². The number of hydrogen-bond acceptors (Lipinski definition) is 2. The van der Waals surface area contributed by atoms with Gasteiger partial charge in [0.25, 0.3) is 0 Å². The highest BCUT2D eigenvalue weighted by Crippen LogP contribution is 2.23. The van der Waals surface area contributed by atoms with E-state index in [1.54, 1.807) is 13.8 Å². The molecule has 1 rings (SSSR count). The molecular formula is C13H14F3NO3. The molecule has 0 saturated heterocycles. The van der Waals surface area contributed by atoms with Crippen molar-refractivity contribution in [1.29, 1.82) is 0 Å². The first kappa shape index (κ1) is 16.0. The van der Waals surface area contributed by atoms with Crippen molar-refractivity contribution in [2.75, 3.05) is 5.32 Å². The largest absolute Gasteiger partial charge is 0.478 e. The fourth-order valence-electron chi connectivity index (χ4n) is 1.63. The summed E-state index contributed by atoms with van der Waals surface area (Å²) in [7, 11) is 0. The summed E-state index contributed by atoms with van der Waals surface area (Å²) in [5, 5.41) is 11.3. The monoisotopic (exact) mass is 289 g/mol. The fraction of sp³-hybridized carbons (Fsp3) is 0.385. The minimum atomic E-state index is -4.40. The van der Waals surface area contributed by atoms with Crippen molar-refractivity contribution in [3.05, 3.63) is 28.8 Å². The van der Waals surface area contributed by atoms with E-state index in [-0.39, 0.29) is 11.3 Å². The van der Waals surface area contributed by atoms with Crippen molar-refractivity contribution in [2.24, 2.45) is 0 Å². The summed E-state index contributed by atoms with van der Waals surface area (Å²) in [6.45, 7) is 3.28. The average molecular weight is 289 g/mol. The number of anilines is 1. The third kappa shape index (κ3) is 4.56. The number of aromatic carboxylic acids is 1. The summed E-state index contributed by atoms with van der Waals surface area (Å²) in [6.07, 6.45) is -6.30. The quantitative estimate of drug-likeness (QED) is 0.893. The van der Waals surface area contributed by atoms with Crippen molar-refractivity contribution >= 4 is 17.6 Å². The Bertz CT molecular complexity index is 538. The normalized spacial score (nSPS) is 11.2. The topological polar surface area (TPSA) is 66.4 Å². The van der Waals surface area contributed by atoms with E-state index in [9.17, 15) is 22.8 Å². The Morgan fingerprint density at radius 1 is 1.25 bits per heavy atom. The number of hydrogen-bond donors (Lipinski definition) is 2. The summed E-state index contributed by atoms with van der Waals surface area (Å²) in [4.78, 5) is 22.4. The van der Waals surface area contributed by atoms with E-state index in [1.807, 2.05) is 0 Å². The molecule has 2 N–H and O–H groups in total. The van der Waals surface area contributed by atoms with E-state index in [2.05, 4.69) is 5.32 Å². The molecule has 0 aliphatic heterocycles. The summed E-state index contributed by atoms with van der Waals surface area (Å²) >= 11 is 0. The molecule has 0 fully saturated rings. The van der Waals surface area contributed by atoms with Crippen LogP contribution in [0.5, 0.6) is 0 Å². The van der Waals surface area contributed by atoms with Crippen molar-refractivity contribution in [1.82, 2.24) is 0 Å². The molecule has 0 unspecified atom stereocenters. The summed E-state index contributed by atoms with van der Waals surface area (Å²) in [6, 6.07) is 2.75. The minimum absolute atomic E-state index is 0.0103. The second-order valence-corrected chi connectivity index (χ2v) is 4.43. The molecule has 0 bridgehead atoms. The minimum Gasteiger partial charge on any atom is -0.478 e. The van der Waals surface area contributed by atoms with Gasteiger partial charge < -0.3 is 10.4 Å². The molecule has 1 aromatic carbocycles. The molecule has 0 spiro atoms. The molecule has 0 radical (unpaired) electrons. The van der Waals surface area contributed by atoms with Gasteiger partial charge in [-0.3, -0.25) is 4.79 Å². The highest BCUT2D eigenvalue weighted by atomic mass is 19.4. The molecule has 20 heavy (non-hydrogen) atoms. The number of rotatable bonds is 4. The number of halogens is 3. The van der Waals surface area contributed by atoms with Gasteiger partial charge in [-0.1, -0.05) is 0 Å². The molecule has 0 aromatic heterocycles. The lowest BCUT2D eigenvalue weighted by Gasteiger charge is -2.11. The van der Waals surface area contributed by atoms with Gasteiger partial charge in [-0.05, 0) is 37.1 Å². The molecule has 1 aromatic rings. The number of carboxylic acid groups (broad SMARTS) is 1. The Hall–Kier alpha value is -2.05. The van der Waals surface area contributed by atoms with Crippen molar-refractivity contribution in [3.8, 4) is 0 Å². The van der Waals surface area contributed by atoms with Gasteiger partial charge in [0, 0.05) is 12.1 Å². The second-order valence-electron chi connectivity index (χ2n) is 4.43. The molecule has 110 valence electrons. The highest BCUT2D eigenvalue weighted by Gasteiger charge is 2.27. The van der Waals surface area contributed by atoms with Crippen LogP contribution in [0, 0.1) is 13.8 Å². The van der Waals surface area contributed by atoms with Crippen LogP contribution in [0.15, 0.2) is 12.1 Å². The van der Waals surface area contributed by atoms with Gasteiger partial charge >= 0.3 is 12.1 Å². The maximum atomic E-state index is 12.0. The first-order valence-corrected chi connectivity index (χ1v) is 5.81. The van der Waals surface area contributed by atoms with Gasteiger partial charge in [-0.15, -0.1) is 0 Å². The third-order valence-electron chi connectivity index (χ3n) is 2.82. The molecule has 0 saturated carbocycles. The summed E-state index contributed by atoms with van der Waals surface area (Å²) in [5.74, 6) is -1.96. The van der Waals surface area contributed by atoms with Crippen LogP contribution in [0.3, 0.4) is 0 Å². The number of carbonyl (C=O) groups excluding carboxylic acids is 1. The molecule has 0 aliphatic carbocycles. The lowest BCUT2D eigenvalue weighted by atomic mass is 10.0. The number of aryl methyl sites for hydroxylation is 1. The van der Waals surface area contributed by atoms with E-state index in [4.69, 9.17) is 5.11 Å². The summed E-state index contributed by atoms with van der Waals surface area (Å²) < 4.78 is 36.0. The van der Waals surface area contributed by atoms with Crippen LogP contribution in [0.25, 0.3) is 0 Å². The van der Waals surface area contributed by atoms with Crippen LogP contribution >= 0.6 is 0 Å². The van der Waals surface area contributed by atoms with E-state index in [1.165, 1.54) is 12.1 Å². The van der Waals surface area contributed by atoms with Crippen molar-refractivity contribution in [3.63, 3.8) is 0 Å². The Morgan fingerprint density at radius 3 is 2.35 bits per heavy atom. The SMILES string of the molecule is Cc1cc(NC(=O)CCC(F)(F)F)cc(C(=O)O)c1C. The molecule has 0 aliphatic rings.